The molecule has 0 spiro atoms. The van der Waals surface area contributed by atoms with E-state index in [0.29, 0.717) is 0 Å². The zero-order chi connectivity index (χ0) is 11.2. The minimum Gasteiger partial charge on any atom is -0.0611 e. The van der Waals surface area contributed by atoms with Crippen LogP contribution in [0.25, 0.3) is 11.1 Å². The topological polar surface area (TPSA) is 0 Å². The van der Waals surface area contributed by atoms with Crippen molar-refractivity contribution in [1.29, 1.82) is 0 Å². The predicted octanol–water partition coefficient (Wildman–Crippen LogP) is 2.74. The molecule has 6 bridgehead atoms. The standard InChI is InChI=1S/C18H16/c1-7-2-8(1)14-13(7)15-9-3-11(4-9)17(15)18-12-5-10(6-12)16(14)18/h7-8,11-12H,1-6H2. The Morgan fingerprint density at radius 3 is 1.33 bits per heavy atom. The van der Waals surface area contributed by atoms with Gasteiger partial charge in [-0.1, -0.05) is 11.1 Å². The molecule has 9 aliphatic carbocycles. The molecule has 0 aliphatic heterocycles. The zero-order valence-corrected chi connectivity index (χ0v) is 10.6. The number of benzene rings is 1. The van der Waals surface area contributed by atoms with E-state index in [1.807, 2.05) is 43.8 Å². The highest BCUT2D eigenvalue weighted by Gasteiger charge is 2.51. The first-order valence-electron chi connectivity index (χ1n) is 7.83. The highest BCUT2D eigenvalue weighted by molar-refractivity contribution is 5.77. The summed E-state index contributed by atoms with van der Waals surface area (Å²) < 4.78 is 0. The fourth-order valence-electron chi connectivity index (χ4n) is 6.26. The van der Waals surface area contributed by atoms with Crippen molar-refractivity contribution in [2.45, 2.75) is 62.2 Å². The lowest BCUT2D eigenvalue weighted by molar-refractivity contribution is 0.404. The van der Waals surface area contributed by atoms with Crippen molar-refractivity contribution in [1.82, 2.24) is 0 Å². The molecule has 0 saturated heterocycles. The average Bonchev–Trinajstić information content (AvgIpc) is 2.95. The largest absolute Gasteiger partial charge is 0.0611 e. The molecule has 1 aromatic rings. The smallest absolute Gasteiger partial charge is 0.00777 e. The summed E-state index contributed by atoms with van der Waals surface area (Å²) in [6, 6.07) is 0. The molecule has 0 nitrogen and oxygen atoms in total. The van der Waals surface area contributed by atoms with Crippen LogP contribution in [0.1, 0.15) is 84.5 Å². The van der Waals surface area contributed by atoms with Crippen LogP contribution in [0.2, 0.25) is 0 Å². The van der Waals surface area contributed by atoms with Gasteiger partial charge in [0.1, 0.15) is 0 Å². The van der Waals surface area contributed by atoms with Crippen LogP contribution in [0.3, 0.4) is 0 Å². The molecule has 0 amide bonds. The van der Waals surface area contributed by atoms with E-state index in [1.165, 1.54) is 38.5 Å². The molecule has 18 heavy (non-hydrogen) atoms. The van der Waals surface area contributed by atoms with Crippen LogP contribution in [0.5, 0.6) is 0 Å². The Balaban J connectivity index is 1.84. The third-order valence-electron chi connectivity index (χ3n) is 7.11. The number of hydrogen-bond acceptors (Lipinski definition) is 0. The predicted molar refractivity (Wildman–Crippen MR) is 71.2 cm³/mol. The Bertz CT molecular complexity index is 719. The Morgan fingerprint density at radius 1 is 0.500 bits per heavy atom. The maximum Gasteiger partial charge on any atom is -0.00777 e. The molecule has 0 aromatic heterocycles. The van der Waals surface area contributed by atoms with E-state index in [9.17, 15) is 0 Å². The van der Waals surface area contributed by atoms with Gasteiger partial charge in [0.15, 0.2) is 0 Å². The van der Waals surface area contributed by atoms with Gasteiger partial charge in [0, 0.05) is 0 Å². The molecule has 1 aromatic carbocycles. The average molecular weight is 232 g/mol. The number of hydrogen-bond donors (Lipinski definition) is 0. The summed E-state index contributed by atoms with van der Waals surface area (Å²) in [7, 11) is 0. The van der Waals surface area contributed by atoms with Gasteiger partial charge in [0.2, 0.25) is 0 Å². The third kappa shape index (κ3) is 0.579. The van der Waals surface area contributed by atoms with Crippen LogP contribution in [0.4, 0.5) is 0 Å². The summed E-state index contributed by atoms with van der Waals surface area (Å²) in [6.45, 7) is 0. The summed E-state index contributed by atoms with van der Waals surface area (Å²) in [5, 5.41) is 3.71. The first-order chi connectivity index (χ1) is 8.90. The van der Waals surface area contributed by atoms with Crippen molar-refractivity contribution in [3.05, 3.63) is 32.7 Å². The van der Waals surface area contributed by atoms with Gasteiger partial charge in [0.05, 0.1) is 0 Å². The SMILES string of the molecule is C1C2=c3c(c4c(c5c3C3CC5C3)=C3CC4C3)C1C2. The quantitative estimate of drug-likeness (QED) is 0.645. The van der Waals surface area contributed by atoms with Gasteiger partial charge in [0.25, 0.3) is 0 Å². The van der Waals surface area contributed by atoms with Gasteiger partial charge in [-0.05, 0) is 94.9 Å². The van der Waals surface area contributed by atoms with E-state index in [4.69, 9.17) is 0 Å². The van der Waals surface area contributed by atoms with Crippen molar-refractivity contribution >= 4 is 11.1 Å². The molecule has 0 heteroatoms. The summed E-state index contributed by atoms with van der Waals surface area (Å²) >= 11 is 0. The highest BCUT2D eigenvalue weighted by atomic mass is 14.6. The monoisotopic (exact) mass is 232 g/mol. The molecule has 9 aliphatic rings. The van der Waals surface area contributed by atoms with E-state index >= 15 is 0 Å². The fraction of sp³-hybridized carbons (Fsp3) is 0.556. The third-order valence-corrected chi connectivity index (χ3v) is 7.11. The fourth-order valence-corrected chi connectivity index (χ4v) is 6.26. The Morgan fingerprint density at radius 2 is 0.889 bits per heavy atom. The van der Waals surface area contributed by atoms with E-state index in [-0.39, 0.29) is 0 Å². The van der Waals surface area contributed by atoms with Crippen LogP contribution in [0.15, 0.2) is 0 Å². The highest BCUT2D eigenvalue weighted by Crippen LogP contribution is 2.61. The molecule has 0 radical (unpaired) electrons. The Hall–Kier alpha value is -1.04. The second-order valence-corrected chi connectivity index (χ2v) is 7.69. The summed E-state index contributed by atoms with van der Waals surface area (Å²) in [6.07, 6.45) is 8.78. The van der Waals surface area contributed by atoms with Gasteiger partial charge < -0.3 is 0 Å². The first kappa shape index (κ1) is 8.19. The van der Waals surface area contributed by atoms with E-state index in [0.717, 1.165) is 23.7 Å². The van der Waals surface area contributed by atoms with E-state index < -0.39 is 0 Å². The van der Waals surface area contributed by atoms with Gasteiger partial charge in [-0.3, -0.25) is 0 Å². The Labute approximate surface area is 106 Å². The van der Waals surface area contributed by atoms with Crippen LogP contribution in [-0.2, 0) is 0 Å². The van der Waals surface area contributed by atoms with E-state index in [2.05, 4.69) is 0 Å². The molecule has 10 rings (SSSR count). The number of rotatable bonds is 0. The van der Waals surface area contributed by atoms with Gasteiger partial charge in [-0.25, -0.2) is 0 Å². The first-order valence-corrected chi connectivity index (χ1v) is 7.83. The lowest BCUT2D eigenvalue weighted by Crippen LogP contribution is -2.22. The van der Waals surface area contributed by atoms with Crippen molar-refractivity contribution < 1.29 is 0 Å². The van der Waals surface area contributed by atoms with Gasteiger partial charge >= 0.3 is 0 Å². The molecule has 3 fully saturated rings. The van der Waals surface area contributed by atoms with Crippen LogP contribution < -0.4 is 10.4 Å². The minimum atomic E-state index is 0.965. The minimum absolute atomic E-state index is 0.965. The molecule has 0 N–H and O–H groups in total. The Kier molecular flexibility index (Phi) is 0.969. The van der Waals surface area contributed by atoms with Crippen molar-refractivity contribution in [3.63, 3.8) is 0 Å². The van der Waals surface area contributed by atoms with Crippen molar-refractivity contribution in [3.8, 4) is 0 Å². The summed E-state index contributed by atoms with van der Waals surface area (Å²) in [5.74, 6) is 3.89. The van der Waals surface area contributed by atoms with Crippen LogP contribution in [0, 0.1) is 0 Å². The van der Waals surface area contributed by atoms with E-state index in [1.54, 1.807) is 0 Å². The molecule has 88 valence electrons. The zero-order valence-electron chi connectivity index (χ0n) is 10.6. The maximum absolute atomic E-state index is 1.89. The summed E-state index contributed by atoms with van der Waals surface area (Å²) in [5.41, 5.74) is 11.3. The molecular weight excluding hydrogens is 216 g/mol. The van der Waals surface area contributed by atoms with Crippen molar-refractivity contribution in [2.75, 3.05) is 0 Å². The molecule has 0 unspecified atom stereocenters. The van der Waals surface area contributed by atoms with Gasteiger partial charge in [-0.2, -0.15) is 0 Å². The van der Waals surface area contributed by atoms with Crippen molar-refractivity contribution in [2.24, 2.45) is 0 Å². The molecule has 0 heterocycles. The normalized spacial score (nSPS) is 36.0. The molecule has 3 saturated carbocycles. The lowest BCUT2D eigenvalue weighted by Gasteiger charge is -2.25. The maximum atomic E-state index is 1.89. The lowest BCUT2D eigenvalue weighted by atomic mass is 9.78. The second-order valence-electron chi connectivity index (χ2n) is 7.69. The molecular formula is C18H16. The van der Waals surface area contributed by atoms with Crippen LogP contribution in [-0.4, -0.2) is 0 Å². The van der Waals surface area contributed by atoms with Gasteiger partial charge in [-0.15, -0.1) is 0 Å². The van der Waals surface area contributed by atoms with Crippen LogP contribution >= 0.6 is 0 Å². The molecule has 0 atom stereocenters. The summed E-state index contributed by atoms with van der Waals surface area (Å²) in [4.78, 5) is 0. The second kappa shape index (κ2) is 2.13.